The first-order valence-corrected chi connectivity index (χ1v) is 18.3. The van der Waals surface area contributed by atoms with Crippen molar-refractivity contribution in [2.75, 3.05) is 18.0 Å². The van der Waals surface area contributed by atoms with Gasteiger partial charge in [-0.05, 0) is 79.6 Å². The van der Waals surface area contributed by atoms with Crippen molar-refractivity contribution in [2.45, 2.75) is 60.3 Å². The number of halogens is 6. The number of allylic oxidation sites excluding steroid dienone is 2. The number of phenols is 1. The Bertz CT molecular complexity index is 2080. The van der Waals surface area contributed by atoms with Gasteiger partial charge in [-0.1, -0.05) is 42.0 Å². The van der Waals surface area contributed by atoms with Gasteiger partial charge in [0.1, 0.15) is 17.3 Å². The second-order valence-corrected chi connectivity index (χ2v) is 15.8. The number of imide groups is 2. The lowest BCUT2D eigenvalue weighted by Crippen LogP contribution is -2.60. The van der Waals surface area contributed by atoms with Crippen LogP contribution in [-0.4, -0.2) is 73.8 Å². The van der Waals surface area contributed by atoms with Crippen molar-refractivity contribution in [3.8, 4) is 11.5 Å². The number of benzene rings is 3. The van der Waals surface area contributed by atoms with E-state index in [-0.39, 0.29) is 41.6 Å². The number of likely N-dealkylation sites (tertiary alicyclic amines) is 2. The van der Waals surface area contributed by atoms with Crippen LogP contribution in [0.15, 0.2) is 84.4 Å². The van der Waals surface area contributed by atoms with E-state index in [1.54, 1.807) is 6.08 Å². The number of aromatic hydroxyl groups is 1. The summed E-state index contributed by atoms with van der Waals surface area (Å²) < 4.78 is 58.3. The predicted octanol–water partition coefficient (Wildman–Crippen LogP) is 6.66. The molecule has 0 aromatic heterocycles. The Balaban J connectivity index is 1.17. The van der Waals surface area contributed by atoms with E-state index in [0.717, 1.165) is 42.4 Å². The molecule has 3 saturated heterocycles. The summed E-state index contributed by atoms with van der Waals surface area (Å²) in [5, 5.41) is 11.2. The fourth-order valence-electron chi connectivity index (χ4n) is 9.27. The number of carbonyl (C=O) groups excluding carboxylic acids is 4. The number of piperidine rings is 1. The monoisotopic (exact) mass is 785 g/mol. The normalized spacial score (nSPS) is 30.3. The maximum absolute atomic E-state index is 14.5. The van der Waals surface area contributed by atoms with E-state index in [4.69, 9.17) is 23.2 Å². The molecule has 1 N–H and O–H groups in total. The standard InChI is InChI=1S/C39H33Cl2F4N3O6/c40-37-19-29-26(11-12-27-31(29)34(51)47(33(27)50)24-14-16-46(17-15-24)20-21-4-2-1-3-5-21)32(28-18-25(10-13-30(28)49)54-39(43,44)45)38(37,41)36(53)48(35(37)52)23-8-6-22(42)7-9-23/h1-11,13,18,24,27,29,31-32,49H,12,14-17,19-20H2/t27-,29+,31-,32+,37+,38-/m0/s1. The molecular weight excluding hydrogens is 753 g/mol. The summed E-state index contributed by atoms with van der Waals surface area (Å²) in [5.74, 6) is -9.24. The molecule has 0 radical (unpaired) electrons. The van der Waals surface area contributed by atoms with Crippen LogP contribution in [0.1, 0.15) is 42.7 Å². The number of ether oxygens (including phenoxy) is 1. The van der Waals surface area contributed by atoms with E-state index < -0.39 is 74.8 Å². The Kier molecular flexibility index (Phi) is 8.85. The van der Waals surface area contributed by atoms with Crippen LogP contribution in [0, 0.1) is 23.6 Å². The molecule has 0 unspecified atom stereocenters. The van der Waals surface area contributed by atoms with Crippen molar-refractivity contribution < 1.29 is 46.6 Å². The number of fused-ring (bicyclic) bond motifs is 4. The summed E-state index contributed by atoms with van der Waals surface area (Å²) in [6, 6.07) is 16.7. The first-order chi connectivity index (χ1) is 25.6. The fourth-order valence-corrected chi connectivity index (χ4v) is 10.2. The predicted molar refractivity (Wildman–Crippen MR) is 188 cm³/mol. The zero-order valence-corrected chi connectivity index (χ0v) is 30.0. The Labute approximate surface area is 317 Å². The van der Waals surface area contributed by atoms with Crippen LogP contribution in [0.2, 0.25) is 0 Å². The summed E-state index contributed by atoms with van der Waals surface area (Å²) in [6.45, 7) is 2.01. The SMILES string of the molecule is O=C1[C@H]2[C@H](CC=C3[C@H]2C[C@@]2(Cl)C(=O)N(c4ccc(F)cc4)C(=O)[C@@]2(Cl)[C@H]3c2cc(OC(F)(F)F)ccc2O)C(=O)N1C1CCN(Cc2ccccc2)CC1. The van der Waals surface area contributed by atoms with E-state index in [0.29, 0.717) is 30.8 Å². The maximum Gasteiger partial charge on any atom is 0.573 e. The topological polar surface area (TPSA) is 107 Å². The zero-order valence-electron chi connectivity index (χ0n) is 28.4. The van der Waals surface area contributed by atoms with Crippen LogP contribution in [0.5, 0.6) is 11.5 Å². The van der Waals surface area contributed by atoms with E-state index in [2.05, 4.69) is 9.64 Å². The summed E-state index contributed by atoms with van der Waals surface area (Å²) in [7, 11) is 0. The van der Waals surface area contributed by atoms with E-state index >= 15 is 0 Å². The summed E-state index contributed by atoms with van der Waals surface area (Å²) in [4.78, 5) is 57.1. The molecular formula is C39H33Cl2F4N3O6. The third-order valence-corrected chi connectivity index (χ3v) is 13.1. The smallest absolute Gasteiger partial charge is 0.508 e. The van der Waals surface area contributed by atoms with Gasteiger partial charge in [-0.3, -0.25) is 29.0 Å². The van der Waals surface area contributed by atoms with Gasteiger partial charge in [0, 0.05) is 37.2 Å². The minimum Gasteiger partial charge on any atom is -0.508 e. The largest absolute Gasteiger partial charge is 0.573 e. The molecule has 282 valence electrons. The molecule has 6 atom stereocenters. The fraction of sp³-hybridized carbons (Fsp3) is 0.385. The molecule has 3 aromatic rings. The third kappa shape index (κ3) is 5.69. The molecule has 3 aliphatic heterocycles. The van der Waals surface area contributed by atoms with Crippen molar-refractivity contribution in [1.82, 2.24) is 9.80 Å². The van der Waals surface area contributed by atoms with E-state index in [1.165, 1.54) is 17.0 Å². The van der Waals surface area contributed by atoms with Crippen LogP contribution < -0.4 is 9.64 Å². The molecule has 2 aliphatic carbocycles. The van der Waals surface area contributed by atoms with Crippen molar-refractivity contribution in [3.05, 3.63) is 101 Å². The number of phenolic OH excluding ortho intramolecular Hbond substituents is 1. The molecule has 0 spiro atoms. The Morgan fingerprint density at radius 2 is 1.56 bits per heavy atom. The number of hydrogen-bond acceptors (Lipinski definition) is 7. The first-order valence-electron chi connectivity index (χ1n) is 17.6. The second-order valence-electron chi connectivity index (χ2n) is 14.6. The molecule has 3 aromatic carbocycles. The number of alkyl halides is 5. The first kappa shape index (κ1) is 36.5. The summed E-state index contributed by atoms with van der Waals surface area (Å²) >= 11 is 14.6. The maximum atomic E-state index is 14.5. The van der Waals surface area contributed by atoms with Gasteiger partial charge in [-0.15, -0.1) is 36.4 Å². The average molecular weight is 787 g/mol. The Hall–Kier alpha value is -4.46. The number of carbonyl (C=O) groups is 4. The second kappa shape index (κ2) is 13.1. The molecule has 5 aliphatic rings. The van der Waals surface area contributed by atoms with Crippen molar-refractivity contribution >= 4 is 52.5 Å². The molecule has 4 fully saturated rings. The number of nitrogens with zero attached hydrogens (tertiary/aromatic N) is 3. The van der Waals surface area contributed by atoms with Crippen LogP contribution in [-0.2, 0) is 25.7 Å². The van der Waals surface area contributed by atoms with Crippen molar-refractivity contribution in [3.63, 3.8) is 0 Å². The lowest BCUT2D eigenvalue weighted by molar-refractivity contribution is -0.274. The van der Waals surface area contributed by atoms with Gasteiger partial charge in [0.15, 0.2) is 9.75 Å². The average Bonchev–Trinajstić information content (AvgIpc) is 3.47. The van der Waals surface area contributed by atoms with Gasteiger partial charge in [-0.25, -0.2) is 9.29 Å². The number of rotatable bonds is 6. The molecule has 4 amide bonds. The van der Waals surface area contributed by atoms with Crippen LogP contribution in [0.25, 0.3) is 0 Å². The highest BCUT2D eigenvalue weighted by atomic mass is 35.5. The highest BCUT2D eigenvalue weighted by Gasteiger charge is 2.77. The van der Waals surface area contributed by atoms with Crippen LogP contribution in [0.4, 0.5) is 23.2 Å². The molecule has 9 nitrogen and oxygen atoms in total. The number of anilines is 1. The Morgan fingerprint density at radius 1 is 0.870 bits per heavy atom. The highest BCUT2D eigenvalue weighted by molar-refractivity contribution is 6.58. The van der Waals surface area contributed by atoms with Gasteiger partial charge >= 0.3 is 6.36 Å². The highest BCUT2D eigenvalue weighted by Crippen LogP contribution is 2.66. The zero-order chi connectivity index (χ0) is 38.3. The molecule has 15 heteroatoms. The third-order valence-electron chi connectivity index (χ3n) is 11.6. The van der Waals surface area contributed by atoms with Gasteiger partial charge in [0.2, 0.25) is 11.8 Å². The molecule has 3 heterocycles. The lowest BCUT2D eigenvalue weighted by atomic mass is 9.56. The van der Waals surface area contributed by atoms with Gasteiger partial charge in [0.05, 0.1) is 17.5 Å². The molecule has 8 rings (SSSR count). The Morgan fingerprint density at radius 3 is 2.22 bits per heavy atom. The number of hydrogen-bond donors (Lipinski definition) is 1. The van der Waals surface area contributed by atoms with Crippen LogP contribution in [0.3, 0.4) is 0 Å². The number of amides is 4. The van der Waals surface area contributed by atoms with E-state index in [9.17, 15) is 41.8 Å². The van der Waals surface area contributed by atoms with Crippen molar-refractivity contribution in [1.29, 1.82) is 0 Å². The summed E-state index contributed by atoms with van der Waals surface area (Å²) in [6.07, 6.45) is -2.75. The molecule has 1 saturated carbocycles. The van der Waals surface area contributed by atoms with Crippen molar-refractivity contribution in [2.24, 2.45) is 17.8 Å². The lowest BCUT2D eigenvalue weighted by Gasteiger charge is -2.50. The van der Waals surface area contributed by atoms with Gasteiger partial charge < -0.3 is 9.84 Å². The van der Waals surface area contributed by atoms with Gasteiger partial charge in [0.25, 0.3) is 11.8 Å². The van der Waals surface area contributed by atoms with E-state index in [1.807, 2.05) is 30.3 Å². The quantitative estimate of drug-likeness (QED) is 0.129. The van der Waals surface area contributed by atoms with Crippen LogP contribution >= 0.6 is 23.2 Å². The molecule has 0 bridgehead atoms. The van der Waals surface area contributed by atoms with Gasteiger partial charge in [-0.2, -0.15) is 0 Å². The molecule has 54 heavy (non-hydrogen) atoms. The minimum atomic E-state index is -5.12. The minimum absolute atomic E-state index is 0.0342. The summed E-state index contributed by atoms with van der Waals surface area (Å²) in [5.41, 5.74) is 1.06.